The van der Waals surface area contributed by atoms with E-state index in [1.54, 1.807) is 31.2 Å². The number of hydrogen-bond donors (Lipinski definition) is 3. The van der Waals surface area contributed by atoms with E-state index >= 15 is 0 Å². The van der Waals surface area contributed by atoms with Gasteiger partial charge in [0.2, 0.25) is 5.91 Å². The molecule has 1 aromatic rings. The van der Waals surface area contributed by atoms with Crippen molar-refractivity contribution in [3.63, 3.8) is 0 Å². The maximum Gasteiger partial charge on any atom is 0.273 e. The fourth-order valence-corrected chi connectivity index (χ4v) is 1.61. The molecule has 21 heavy (non-hydrogen) atoms. The summed E-state index contributed by atoms with van der Waals surface area (Å²) in [6.07, 6.45) is 1.01. The molecule has 0 unspecified atom stereocenters. The maximum absolute atomic E-state index is 11.9. The number of nitrogens with two attached hydrogens (primary N) is 1. The van der Waals surface area contributed by atoms with Gasteiger partial charge in [-0.15, -0.1) is 0 Å². The van der Waals surface area contributed by atoms with E-state index in [-0.39, 0.29) is 18.4 Å². The predicted octanol–water partition coefficient (Wildman–Crippen LogP) is 1.68. The maximum atomic E-state index is 11.9. The van der Waals surface area contributed by atoms with Crippen molar-refractivity contribution < 1.29 is 9.59 Å². The van der Waals surface area contributed by atoms with Crippen LogP contribution in [0.4, 0.5) is 5.69 Å². The number of amides is 2. The van der Waals surface area contributed by atoms with Crippen LogP contribution in [0, 0.1) is 0 Å². The van der Waals surface area contributed by atoms with Crippen molar-refractivity contribution >= 4 is 23.2 Å². The molecule has 114 valence electrons. The quantitative estimate of drug-likeness (QED) is 0.422. The highest BCUT2D eigenvalue weighted by Gasteiger charge is 2.09. The molecule has 0 fully saturated rings. The number of benzene rings is 1. The van der Waals surface area contributed by atoms with Gasteiger partial charge in [0.05, 0.1) is 12.0 Å². The first-order valence-corrected chi connectivity index (χ1v) is 6.91. The molecule has 0 aliphatic rings. The first-order valence-electron chi connectivity index (χ1n) is 6.91. The van der Waals surface area contributed by atoms with Crippen molar-refractivity contribution in [3.05, 3.63) is 29.8 Å². The SMILES string of the molecule is CC[C@H](C)NC(=O)CC(C)=NNC(=O)c1ccccc1N. The summed E-state index contributed by atoms with van der Waals surface area (Å²) in [6.45, 7) is 5.62. The molecule has 2 amide bonds. The summed E-state index contributed by atoms with van der Waals surface area (Å²) in [7, 11) is 0. The standard InChI is InChI=1S/C15H22N4O2/c1-4-10(2)17-14(20)9-11(3)18-19-15(21)12-7-5-6-8-13(12)16/h5-8,10H,4,9,16H2,1-3H3,(H,17,20)(H,19,21)/t10-/m0/s1. The molecule has 1 aromatic carbocycles. The Labute approximate surface area is 124 Å². The predicted molar refractivity (Wildman–Crippen MR) is 83.9 cm³/mol. The van der Waals surface area contributed by atoms with Gasteiger partial charge in [0, 0.05) is 17.4 Å². The number of hydrazone groups is 1. The number of carbonyl (C=O) groups is 2. The summed E-state index contributed by atoms with van der Waals surface area (Å²) in [6, 6.07) is 6.86. The van der Waals surface area contributed by atoms with E-state index in [4.69, 9.17) is 5.73 Å². The Balaban J connectivity index is 2.54. The van der Waals surface area contributed by atoms with Gasteiger partial charge in [-0.2, -0.15) is 5.10 Å². The largest absolute Gasteiger partial charge is 0.398 e. The summed E-state index contributed by atoms with van der Waals surface area (Å²) in [5.41, 5.74) is 9.38. The molecule has 0 aromatic heterocycles. The fraction of sp³-hybridized carbons (Fsp3) is 0.400. The lowest BCUT2D eigenvalue weighted by Gasteiger charge is -2.11. The molecule has 0 bridgehead atoms. The number of hydrogen-bond acceptors (Lipinski definition) is 4. The molecule has 0 aliphatic carbocycles. The van der Waals surface area contributed by atoms with Crippen molar-refractivity contribution in [2.45, 2.75) is 39.7 Å². The van der Waals surface area contributed by atoms with Crippen LogP contribution in [-0.2, 0) is 4.79 Å². The molecule has 4 N–H and O–H groups in total. The van der Waals surface area contributed by atoms with Gasteiger partial charge in [-0.1, -0.05) is 19.1 Å². The van der Waals surface area contributed by atoms with E-state index in [2.05, 4.69) is 15.8 Å². The van der Waals surface area contributed by atoms with Gasteiger partial charge in [0.15, 0.2) is 0 Å². The fourth-order valence-electron chi connectivity index (χ4n) is 1.61. The second kappa shape index (κ2) is 8.04. The first kappa shape index (κ1) is 16.7. The van der Waals surface area contributed by atoms with Gasteiger partial charge in [0.25, 0.3) is 5.91 Å². The van der Waals surface area contributed by atoms with Gasteiger partial charge in [-0.25, -0.2) is 5.43 Å². The van der Waals surface area contributed by atoms with Crippen molar-refractivity contribution in [3.8, 4) is 0 Å². The van der Waals surface area contributed by atoms with Gasteiger partial charge >= 0.3 is 0 Å². The molecular weight excluding hydrogens is 268 g/mol. The molecule has 1 atom stereocenters. The Kier molecular flexibility index (Phi) is 6.39. The summed E-state index contributed by atoms with van der Waals surface area (Å²) in [4.78, 5) is 23.5. The topological polar surface area (TPSA) is 96.6 Å². The van der Waals surface area contributed by atoms with Crippen LogP contribution < -0.4 is 16.5 Å². The van der Waals surface area contributed by atoms with Crippen LogP contribution in [0.1, 0.15) is 44.0 Å². The highest BCUT2D eigenvalue weighted by atomic mass is 16.2. The summed E-state index contributed by atoms with van der Waals surface area (Å²) >= 11 is 0. The van der Waals surface area contributed by atoms with E-state index in [0.717, 1.165) is 6.42 Å². The molecule has 0 spiro atoms. The van der Waals surface area contributed by atoms with Crippen LogP contribution in [-0.4, -0.2) is 23.6 Å². The lowest BCUT2D eigenvalue weighted by atomic mass is 10.2. The zero-order valence-corrected chi connectivity index (χ0v) is 12.6. The number of carbonyl (C=O) groups excluding carboxylic acids is 2. The van der Waals surface area contributed by atoms with E-state index in [0.29, 0.717) is 17.0 Å². The second-order valence-electron chi connectivity index (χ2n) is 4.93. The van der Waals surface area contributed by atoms with Gasteiger partial charge < -0.3 is 11.1 Å². The highest BCUT2D eigenvalue weighted by Crippen LogP contribution is 2.09. The van der Waals surface area contributed by atoms with Crippen LogP contribution in [0.2, 0.25) is 0 Å². The molecule has 1 rings (SSSR count). The lowest BCUT2D eigenvalue weighted by molar-refractivity contribution is -0.120. The zero-order valence-electron chi connectivity index (χ0n) is 12.6. The minimum absolute atomic E-state index is 0.112. The third kappa shape index (κ3) is 5.64. The summed E-state index contributed by atoms with van der Waals surface area (Å²) < 4.78 is 0. The minimum Gasteiger partial charge on any atom is -0.398 e. The Morgan fingerprint density at radius 2 is 2.00 bits per heavy atom. The zero-order chi connectivity index (χ0) is 15.8. The highest BCUT2D eigenvalue weighted by molar-refractivity contribution is 6.02. The average Bonchev–Trinajstić information content (AvgIpc) is 2.44. The Morgan fingerprint density at radius 3 is 2.62 bits per heavy atom. The molecule has 0 heterocycles. The molecule has 0 radical (unpaired) electrons. The van der Waals surface area contributed by atoms with Crippen LogP contribution >= 0.6 is 0 Å². The van der Waals surface area contributed by atoms with Gasteiger partial charge in [-0.3, -0.25) is 9.59 Å². The normalized spacial score (nSPS) is 12.6. The number of nitrogens with zero attached hydrogens (tertiary/aromatic N) is 1. The van der Waals surface area contributed by atoms with Crippen molar-refractivity contribution in [2.24, 2.45) is 5.10 Å². The number of rotatable bonds is 6. The lowest BCUT2D eigenvalue weighted by Crippen LogP contribution is -2.33. The smallest absolute Gasteiger partial charge is 0.273 e. The Morgan fingerprint density at radius 1 is 1.33 bits per heavy atom. The summed E-state index contributed by atoms with van der Waals surface area (Å²) in [5, 5.41) is 6.75. The van der Waals surface area contributed by atoms with E-state index in [1.165, 1.54) is 0 Å². The molecular formula is C15H22N4O2. The van der Waals surface area contributed by atoms with Crippen molar-refractivity contribution in [1.29, 1.82) is 0 Å². The van der Waals surface area contributed by atoms with Crippen LogP contribution in [0.3, 0.4) is 0 Å². The van der Waals surface area contributed by atoms with E-state index in [1.807, 2.05) is 13.8 Å². The number of nitrogens with one attached hydrogen (secondary N) is 2. The average molecular weight is 290 g/mol. The summed E-state index contributed by atoms with van der Waals surface area (Å²) in [5.74, 6) is -0.506. The third-order valence-corrected chi connectivity index (χ3v) is 2.99. The Hall–Kier alpha value is -2.37. The number of para-hydroxylation sites is 1. The van der Waals surface area contributed by atoms with Crippen molar-refractivity contribution in [2.75, 3.05) is 5.73 Å². The third-order valence-electron chi connectivity index (χ3n) is 2.99. The first-order chi connectivity index (χ1) is 9.93. The van der Waals surface area contributed by atoms with Crippen LogP contribution in [0.25, 0.3) is 0 Å². The van der Waals surface area contributed by atoms with Gasteiger partial charge in [0.1, 0.15) is 0 Å². The Bertz CT molecular complexity index is 540. The number of anilines is 1. The minimum atomic E-state index is -0.394. The van der Waals surface area contributed by atoms with Crippen LogP contribution in [0.5, 0.6) is 0 Å². The number of nitrogen functional groups attached to an aromatic ring is 1. The molecule has 0 aliphatic heterocycles. The monoisotopic (exact) mass is 290 g/mol. The van der Waals surface area contributed by atoms with Crippen LogP contribution in [0.15, 0.2) is 29.4 Å². The second-order valence-corrected chi connectivity index (χ2v) is 4.93. The van der Waals surface area contributed by atoms with Crippen molar-refractivity contribution in [1.82, 2.24) is 10.7 Å². The van der Waals surface area contributed by atoms with Gasteiger partial charge in [-0.05, 0) is 32.4 Å². The molecule has 0 saturated carbocycles. The molecule has 6 nitrogen and oxygen atoms in total. The molecule has 0 saturated heterocycles. The van der Waals surface area contributed by atoms with E-state index in [9.17, 15) is 9.59 Å². The molecule has 6 heteroatoms. The van der Waals surface area contributed by atoms with E-state index < -0.39 is 5.91 Å².